The molecule has 4 heterocycles. The summed E-state index contributed by atoms with van der Waals surface area (Å²) in [6, 6.07) is 28.5. The second-order valence-electron chi connectivity index (χ2n) is 11.9. The summed E-state index contributed by atoms with van der Waals surface area (Å²) < 4.78 is 41.4. The van der Waals surface area contributed by atoms with Crippen LogP contribution in [0.1, 0.15) is 45.7 Å². The quantitative estimate of drug-likeness (QED) is 0.250. The molecule has 2 fully saturated rings. The average molecular weight is 624 g/mol. The predicted octanol–water partition coefficient (Wildman–Crippen LogP) is 5.45. The van der Waals surface area contributed by atoms with Crippen molar-refractivity contribution in [3.8, 4) is 11.3 Å². The number of fused-ring (bicyclic) bond motifs is 1. The Kier molecular flexibility index (Phi) is 7.71. The van der Waals surface area contributed by atoms with Crippen molar-refractivity contribution in [2.75, 3.05) is 37.7 Å². The average Bonchev–Trinajstić information content (AvgIpc) is 3.60. The van der Waals surface area contributed by atoms with Gasteiger partial charge in [0, 0.05) is 31.7 Å². The van der Waals surface area contributed by atoms with Crippen LogP contribution in [0.3, 0.4) is 0 Å². The fraction of sp³-hybridized carbons (Fsp3) is 0.286. The fourth-order valence-electron chi connectivity index (χ4n) is 6.75. The topological polar surface area (TPSA) is 88.4 Å². The van der Waals surface area contributed by atoms with E-state index in [9.17, 15) is 13.2 Å². The van der Waals surface area contributed by atoms with Crippen molar-refractivity contribution in [1.82, 2.24) is 24.6 Å². The minimum absolute atomic E-state index is 0.0376. The van der Waals surface area contributed by atoms with Gasteiger partial charge in [0.2, 0.25) is 0 Å². The normalized spacial score (nSPS) is 18.6. The molecule has 10 heteroatoms. The van der Waals surface area contributed by atoms with Gasteiger partial charge in [-0.1, -0.05) is 72.8 Å². The Balaban J connectivity index is 1.24. The molecule has 0 bridgehead atoms. The number of rotatable bonds is 6. The molecule has 8 nitrogen and oxygen atoms in total. The summed E-state index contributed by atoms with van der Waals surface area (Å²) in [5, 5.41) is 5.28. The van der Waals surface area contributed by atoms with E-state index in [2.05, 4.69) is 53.4 Å². The number of nitrogens with zero attached hydrogens (tertiary/aromatic N) is 5. The molecule has 45 heavy (non-hydrogen) atoms. The van der Waals surface area contributed by atoms with Crippen molar-refractivity contribution in [2.45, 2.75) is 25.4 Å². The molecule has 2 aliphatic rings. The molecule has 7 rings (SSSR count). The Morgan fingerprint density at radius 1 is 0.889 bits per heavy atom. The second-order valence-corrected chi connectivity index (χ2v) is 14.1. The van der Waals surface area contributed by atoms with E-state index in [1.807, 2.05) is 24.0 Å². The van der Waals surface area contributed by atoms with Crippen LogP contribution in [0.4, 0.5) is 4.39 Å². The van der Waals surface area contributed by atoms with Crippen LogP contribution in [0.2, 0.25) is 0 Å². The molecular weight excluding hydrogens is 589 g/mol. The Hall–Kier alpha value is -4.41. The lowest BCUT2D eigenvalue weighted by atomic mass is 9.96. The molecule has 3 aromatic carbocycles. The maximum atomic E-state index is 15.0. The van der Waals surface area contributed by atoms with Crippen LogP contribution >= 0.6 is 0 Å². The monoisotopic (exact) mass is 623 g/mol. The minimum Gasteiger partial charge on any atom is -0.336 e. The first-order chi connectivity index (χ1) is 21.8. The Bertz CT molecular complexity index is 1930. The number of sulfone groups is 1. The summed E-state index contributed by atoms with van der Waals surface area (Å²) in [4.78, 5) is 23.4. The Morgan fingerprint density at radius 3 is 2.11 bits per heavy atom. The summed E-state index contributed by atoms with van der Waals surface area (Å²) in [7, 11) is -3.20. The van der Waals surface area contributed by atoms with Crippen molar-refractivity contribution in [1.29, 1.82) is 0 Å². The van der Waals surface area contributed by atoms with E-state index in [1.165, 1.54) is 17.2 Å². The van der Waals surface area contributed by atoms with Crippen LogP contribution in [0, 0.1) is 12.7 Å². The molecule has 5 aromatic rings. The molecule has 1 amide bonds. The molecule has 0 saturated carbocycles. The van der Waals surface area contributed by atoms with Crippen molar-refractivity contribution in [2.24, 2.45) is 0 Å². The van der Waals surface area contributed by atoms with Gasteiger partial charge < -0.3 is 4.90 Å². The number of aromatic nitrogens is 3. The van der Waals surface area contributed by atoms with E-state index in [-0.39, 0.29) is 29.0 Å². The molecule has 0 N–H and O–H groups in total. The highest BCUT2D eigenvalue weighted by Crippen LogP contribution is 2.34. The third-order valence-electron chi connectivity index (χ3n) is 8.97. The third kappa shape index (κ3) is 5.64. The fourth-order valence-corrected chi connectivity index (χ4v) is 8.44. The van der Waals surface area contributed by atoms with Gasteiger partial charge in [-0.25, -0.2) is 22.5 Å². The van der Waals surface area contributed by atoms with E-state index < -0.39 is 21.7 Å². The summed E-state index contributed by atoms with van der Waals surface area (Å²) in [5.74, 6) is -0.578. The SMILES string of the molecule is Cc1nn(C2CCS(=O)(=O)C2)c2nc(-c3ccccc3F)cc(C(=O)N3CCN(C(c4ccccc4)c4ccccc4)CC3)c12. The van der Waals surface area contributed by atoms with Gasteiger partial charge in [0.05, 0.1) is 45.9 Å². The highest BCUT2D eigenvalue weighted by atomic mass is 32.2. The number of carbonyl (C=O) groups is 1. The van der Waals surface area contributed by atoms with Crippen molar-refractivity contribution in [3.63, 3.8) is 0 Å². The van der Waals surface area contributed by atoms with Crippen LogP contribution < -0.4 is 0 Å². The van der Waals surface area contributed by atoms with Crippen LogP contribution in [0.25, 0.3) is 22.3 Å². The predicted molar refractivity (Wildman–Crippen MR) is 172 cm³/mol. The Labute approximate surface area is 262 Å². The van der Waals surface area contributed by atoms with Crippen molar-refractivity contribution >= 4 is 26.8 Å². The van der Waals surface area contributed by atoms with E-state index in [0.717, 1.165) is 0 Å². The van der Waals surface area contributed by atoms with Crippen LogP contribution in [-0.4, -0.2) is 76.6 Å². The second kappa shape index (κ2) is 11.8. The number of pyridine rings is 1. The summed E-state index contributed by atoms with van der Waals surface area (Å²) in [6.45, 7) is 4.19. The number of amides is 1. The largest absolute Gasteiger partial charge is 0.336 e. The van der Waals surface area contributed by atoms with Gasteiger partial charge in [-0.2, -0.15) is 5.10 Å². The molecule has 0 radical (unpaired) electrons. The zero-order valence-corrected chi connectivity index (χ0v) is 25.8. The van der Waals surface area contributed by atoms with Gasteiger partial charge in [-0.15, -0.1) is 0 Å². The van der Waals surface area contributed by atoms with E-state index in [0.29, 0.717) is 60.6 Å². The smallest absolute Gasteiger partial charge is 0.254 e. The van der Waals surface area contributed by atoms with Crippen molar-refractivity contribution < 1.29 is 17.6 Å². The van der Waals surface area contributed by atoms with Gasteiger partial charge in [0.25, 0.3) is 5.91 Å². The molecule has 0 aliphatic carbocycles. The highest BCUT2D eigenvalue weighted by molar-refractivity contribution is 7.91. The lowest BCUT2D eigenvalue weighted by Crippen LogP contribution is -2.50. The van der Waals surface area contributed by atoms with Crippen LogP contribution in [0.5, 0.6) is 0 Å². The maximum Gasteiger partial charge on any atom is 0.254 e. The van der Waals surface area contributed by atoms with Crippen LogP contribution in [0.15, 0.2) is 91.0 Å². The van der Waals surface area contributed by atoms with E-state index >= 15 is 4.39 Å². The van der Waals surface area contributed by atoms with Gasteiger partial charge >= 0.3 is 0 Å². The van der Waals surface area contributed by atoms with Gasteiger partial charge in [-0.05, 0) is 42.7 Å². The zero-order valence-electron chi connectivity index (χ0n) is 25.0. The number of aryl methyl sites for hydroxylation is 1. The van der Waals surface area contributed by atoms with Gasteiger partial charge in [0.1, 0.15) is 5.82 Å². The lowest BCUT2D eigenvalue weighted by molar-refractivity contribution is 0.0599. The molecule has 0 spiro atoms. The molecule has 230 valence electrons. The summed E-state index contributed by atoms with van der Waals surface area (Å²) in [5.41, 5.74) is 4.40. The number of hydrogen-bond acceptors (Lipinski definition) is 6. The number of carbonyl (C=O) groups excluding carboxylic acids is 1. The number of hydrogen-bond donors (Lipinski definition) is 0. The number of benzene rings is 3. The zero-order chi connectivity index (χ0) is 31.1. The number of piperazine rings is 1. The molecule has 1 atom stereocenters. The summed E-state index contributed by atoms with van der Waals surface area (Å²) in [6.07, 6.45) is 0.416. The first-order valence-corrected chi connectivity index (χ1v) is 17.1. The number of halogens is 1. The molecule has 2 aromatic heterocycles. The minimum atomic E-state index is -3.20. The summed E-state index contributed by atoms with van der Waals surface area (Å²) >= 11 is 0. The van der Waals surface area contributed by atoms with E-state index in [4.69, 9.17) is 10.1 Å². The van der Waals surface area contributed by atoms with E-state index in [1.54, 1.807) is 28.9 Å². The third-order valence-corrected chi connectivity index (χ3v) is 10.7. The van der Waals surface area contributed by atoms with Gasteiger partial charge in [-0.3, -0.25) is 9.69 Å². The molecule has 1 unspecified atom stereocenters. The first kappa shape index (κ1) is 29.3. The highest BCUT2D eigenvalue weighted by Gasteiger charge is 2.34. The standard InChI is InChI=1S/C35H34FN5O3S/c1-24-32-29(22-31(28-14-8-9-15-30(28)36)37-34(32)41(38-24)27-16-21-45(43,44)23-27)35(42)40-19-17-39(18-20-40)33(25-10-4-2-5-11-25)26-12-6-3-7-13-26/h2-15,22,27,33H,16-21,23H2,1H3. The molecular formula is C35H34FN5O3S. The van der Waals surface area contributed by atoms with Gasteiger partial charge in [0.15, 0.2) is 15.5 Å². The maximum absolute atomic E-state index is 15.0. The van der Waals surface area contributed by atoms with Crippen molar-refractivity contribution in [3.05, 3.63) is 119 Å². The molecule has 2 saturated heterocycles. The lowest BCUT2D eigenvalue weighted by Gasteiger charge is -2.40. The Morgan fingerprint density at radius 2 is 1.51 bits per heavy atom. The molecule has 2 aliphatic heterocycles. The van der Waals surface area contributed by atoms with Crippen LogP contribution in [-0.2, 0) is 9.84 Å². The first-order valence-electron chi connectivity index (χ1n) is 15.3.